The summed E-state index contributed by atoms with van der Waals surface area (Å²) in [5, 5.41) is 12.7. The number of aryl methyl sites for hydroxylation is 1. The average molecular weight is 360 g/mol. The highest BCUT2D eigenvalue weighted by atomic mass is 32.1. The first-order valence-corrected chi connectivity index (χ1v) is 9.25. The molecule has 1 atom stereocenters. The van der Waals surface area contributed by atoms with Gasteiger partial charge in [-0.3, -0.25) is 9.78 Å². The zero-order valence-corrected chi connectivity index (χ0v) is 14.8. The van der Waals surface area contributed by atoms with Crippen LogP contribution < -0.4 is 5.32 Å². The maximum atomic E-state index is 12.6. The van der Waals surface area contributed by atoms with Gasteiger partial charge in [-0.05, 0) is 55.7 Å². The number of hydrogen-bond acceptors (Lipinski definition) is 5. The van der Waals surface area contributed by atoms with Crippen molar-refractivity contribution in [2.24, 2.45) is 5.92 Å². The Morgan fingerprint density at radius 1 is 1.23 bits per heavy atom. The Morgan fingerprint density at radius 2 is 2.08 bits per heavy atom. The minimum absolute atomic E-state index is 0.0214. The molecule has 1 amide bonds. The summed E-state index contributed by atoms with van der Waals surface area (Å²) in [6, 6.07) is 14.8. The fraction of sp³-hybridized carbons (Fsp3) is 0.200. The van der Waals surface area contributed by atoms with Crippen molar-refractivity contribution in [3.63, 3.8) is 0 Å². The van der Waals surface area contributed by atoms with Gasteiger partial charge < -0.3 is 5.32 Å². The van der Waals surface area contributed by atoms with Crippen LogP contribution >= 0.6 is 11.3 Å². The van der Waals surface area contributed by atoms with Crippen LogP contribution in [-0.2, 0) is 17.6 Å². The molecule has 0 aliphatic heterocycles. The molecule has 5 nitrogen and oxygen atoms in total. The monoisotopic (exact) mass is 360 g/mol. The lowest BCUT2D eigenvalue weighted by molar-refractivity contribution is -0.120. The van der Waals surface area contributed by atoms with Crippen LogP contribution in [0.15, 0.2) is 48.7 Å². The normalized spacial score (nSPS) is 15.7. The van der Waals surface area contributed by atoms with Gasteiger partial charge in [0.15, 0.2) is 0 Å². The first-order valence-electron chi connectivity index (χ1n) is 8.44. The van der Waals surface area contributed by atoms with Gasteiger partial charge in [-0.2, -0.15) is 5.26 Å². The molecule has 1 aliphatic rings. The van der Waals surface area contributed by atoms with Gasteiger partial charge in [-0.1, -0.05) is 6.07 Å². The third-order valence-corrected chi connectivity index (χ3v) is 5.62. The lowest BCUT2D eigenvalue weighted by Crippen LogP contribution is -2.27. The number of hydrogen-bond donors (Lipinski definition) is 1. The lowest BCUT2D eigenvalue weighted by Gasteiger charge is -2.20. The molecule has 26 heavy (non-hydrogen) atoms. The molecule has 3 aromatic rings. The maximum Gasteiger partial charge on any atom is 0.227 e. The van der Waals surface area contributed by atoms with Crippen molar-refractivity contribution in [3.05, 3.63) is 64.8 Å². The highest BCUT2D eigenvalue weighted by molar-refractivity contribution is 7.15. The third kappa shape index (κ3) is 3.35. The number of anilines is 1. The summed E-state index contributed by atoms with van der Waals surface area (Å²) in [7, 11) is 0. The lowest BCUT2D eigenvalue weighted by atomic mass is 9.90. The Hall–Kier alpha value is -3.04. The standard InChI is InChI=1S/C20H16N4OS/c21-12-13-4-7-15(8-5-13)23-19(25)14-6-9-16-18(11-14)26-20(24-16)17-3-1-2-10-22-17/h1-5,7-8,10,14H,6,9,11H2,(H,23,25). The van der Waals surface area contributed by atoms with Gasteiger partial charge in [0.2, 0.25) is 5.91 Å². The van der Waals surface area contributed by atoms with E-state index in [1.165, 1.54) is 4.88 Å². The van der Waals surface area contributed by atoms with Gasteiger partial charge in [0.25, 0.3) is 0 Å². The van der Waals surface area contributed by atoms with Crippen LogP contribution in [0.25, 0.3) is 10.7 Å². The summed E-state index contributed by atoms with van der Waals surface area (Å²) >= 11 is 1.63. The molecule has 128 valence electrons. The van der Waals surface area contributed by atoms with Gasteiger partial charge in [-0.25, -0.2) is 4.98 Å². The summed E-state index contributed by atoms with van der Waals surface area (Å²) in [5.41, 5.74) is 3.28. The summed E-state index contributed by atoms with van der Waals surface area (Å²) < 4.78 is 0. The summed E-state index contributed by atoms with van der Waals surface area (Å²) in [6.07, 6.45) is 4.08. The van der Waals surface area contributed by atoms with Crippen LogP contribution in [0.3, 0.4) is 0 Å². The molecule has 0 bridgehead atoms. The van der Waals surface area contributed by atoms with Crippen molar-refractivity contribution in [3.8, 4) is 16.8 Å². The molecule has 2 heterocycles. The maximum absolute atomic E-state index is 12.6. The number of benzene rings is 1. The van der Waals surface area contributed by atoms with Crippen LogP contribution in [0.5, 0.6) is 0 Å². The molecule has 0 saturated carbocycles. The van der Waals surface area contributed by atoms with Crippen LogP contribution in [0, 0.1) is 17.2 Å². The van der Waals surface area contributed by atoms with Gasteiger partial charge in [0.1, 0.15) is 5.01 Å². The van der Waals surface area contributed by atoms with E-state index in [1.54, 1.807) is 41.8 Å². The minimum atomic E-state index is -0.0600. The Bertz CT molecular complexity index is 973. The van der Waals surface area contributed by atoms with Gasteiger partial charge in [0, 0.05) is 22.7 Å². The number of aromatic nitrogens is 2. The number of pyridine rings is 1. The molecule has 0 radical (unpaired) electrons. The molecule has 1 aliphatic carbocycles. The molecule has 2 aromatic heterocycles. The molecule has 0 spiro atoms. The molecular weight excluding hydrogens is 344 g/mol. The van der Waals surface area contributed by atoms with Crippen LogP contribution in [0.2, 0.25) is 0 Å². The van der Waals surface area contributed by atoms with E-state index in [9.17, 15) is 4.79 Å². The number of nitriles is 1. The number of nitrogens with zero attached hydrogens (tertiary/aromatic N) is 3. The van der Waals surface area contributed by atoms with Crippen molar-refractivity contribution in [2.45, 2.75) is 19.3 Å². The van der Waals surface area contributed by atoms with E-state index >= 15 is 0 Å². The summed E-state index contributed by atoms with van der Waals surface area (Å²) in [6.45, 7) is 0. The molecule has 4 rings (SSSR count). The highest BCUT2D eigenvalue weighted by Crippen LogP contribution is 2.34. The van der Waals surface area contributed by atoms with Crippen LogP contribution in [0.4, 0.5) is 5.69 Å². The minimum Gasteiger partial charge on any atom is -0.326 e. The smallest absolute Gasteiger partial charge is 0.227 e. The quantitative estimate of drug-likeness (QED) is 0.770. The van der Waals surface area contributed by atoms with Gasteiger partial charge in [-0.15, -0.1) is 11.3 Å². The van der Waals surface area contributed by atoms with Crippen molar-refractivity contribution >= 4 is 22.9 Å². The number of amides is 1. The SMILES string of the molecule is N#Cc1ccc(NC(=O)C2CCc3nc(-c4ccccn4)sc3C2)cc1. The van der Waals surface area contributed by atoms with E-state index in [1.807, 2.05) is 18.2 Å². The number of thiazole rings is 1. The van der Waals surface area contributed by atoms with Crippen molar-refractivity contribution in [2.75, 3.05) is 5.32 Å². The molecule has 6 heteroatoms. The van der Waals surface area contributed by atoms with E-state index in [2.05, 4.69) is 16.4 Å². The summed E-state index contributed by atoms with van der Waals surface area (Å²) in [5.74, 6) is -0.0386. The predicted molar refractivity (Wildman–Crippen MR) is 101 cm³/mol. The Labute approximate surface area is 155 Å². The zero-order valence-electron chi connectivity index (χ0n) is 14.0. The fourth-order valence-electron chi connectivity index (χ4n) is 3.07. The first kappa shape index (κ1) is 16.4. The van der Waals surface area contributed by atoms with E-state index in [-0.39, 0.29) is 11.8 Å². The van der Waals surface area contributed by atoms with E-state index < -0.39 is 0 Å². The third-order valence-electron chi connectivity index (χ3n) is 4.48. The van der Waals surface area contributed by atoms with E-state index in [0.717, 1.165) is 34.9 Å². The Morgan fingerprint density at radius 3 is 2.81 bits per heavy atom. The first-order chi connectivity index (χ1) is 12.7. The van der Waals surface area contributed by atoms with Crippen LogP contribution in [0.1, 0.15) is 22.6 Å². The fourth-order valence-corrected chi connectivity index (χ4v) is 4.23. The number of carbonyl (C=O) groups excluding carboxylic acids is 1. The molecule has 0 saturated heterocycles. The van der Waals surface area contributed by atoms with Gasteiger partial charge in [0.05, 0.1) is 23.0 Å². The van der Waals surface area contributed by atoms with E-state index in [0.29, 0.717) is 12.0 Å². The predicted octanol–water partition coefficient (Wildman–Crippen LogP) is 3.82. The second kappa shape index (κ2) is 7.06. The Balaban J connectivity index is 1.46. The number of nitrogens with one attached hydrogen (secondary N) is 1. The highest BCUT2D eigenvalue weighted by Gasteiger charge is 2.28. The topological polar surface area (TPSA) is 78.7 Å². The van der Waals surface area contributed by atoms with Crippen LogP contribution in [-0.4, -0.2) is 15.9 Å². The average Bonchev–Trinajstić information content (AvgIpc) is 3.12. The number of rotatable bonds is 3. The molecule has 1 unspecified atom stereocenters. The molecule has 0 fully saturated rings. The Kier molecular flexibility index (Phi) is 4.46. The largest absolute Gasteiger partial charge is 0.326 e. The molecular formula is C20H16N4OS. The zero-order chi connectivity index (χ0) is 17.9. The molecule has 1 N–H and O–H groups in total. The number of fused-ring (bicyclic) bond motifs is 1. The summed E-state index contributed by atoms with van der Waals surface area (Å²) in [4.78, 5) is 22.9. The molecule has 1 aromatic carbocycles. The van der Waals surface area contributed by atoms with Crippen molar-refractivity contribution in [1.82, 2.24) is 9.97 Å². The second-order valence-corrected chi connectivity index (χ2v) is 7.31. The van der Waals surface area contributed by atoms with E-state index in [4.69, 9.17) is 10.2 Å². The van der Waals surface area contributed by atoms with Crippen molar-refractivity contribution in [1.29, 1.82) is 5.26 Å². The van der Waals surface area contributed by atoms with Gasteiger partial charge >= 0.3 is 0 Å². The van der Waals surface area contributed by atoms with Crippen molar-refractivity contribution < 1.29 is 4.79 Å². The second-order valence-electron chi connectivity index (χ2n) is 6.22. The number of carbonyl (C=O) groups is 1.